The van der Waals surface area contributed by atoms with Crippen molar-refractivity contribution in [3.05, 3.63) is 52.1 Å². The number of pyridine rings is 1. The van der Waals surface area contributed by atoms with Crippen LogP contribution in [0.25, 0.3) is 33.4 Å². The van der Waals surface area contributed by atoms with Crippen LogP contribution in [0.5, 0.6) is 0 Å². The van der Waals surface area contributed by atoms with Gasteiger partial charge < -0.3 is 29.2 Å². The molecular weight excluding hydrogens is 777 g/mol. The van der Waals surface area contributed by atoms with Crippen LogP contribution in [0.1, 0.15) is 82.2 Å². The molecule has 0 unspecified atom stereocenters. The number of esters is 1. The average Bonchev–Trinajstić information content (AvgIpc) is 3.58. The number of rotatable bonds is 7. The van der Waals surface area contributed by atoms with E-state index in [9.17, 15) is 14.4 Å². The Morgan fingerprint density at radius 2 is 1.87 bits per heavy atom. The Kier molecular flexibility index (Phi) is 11.3. The van der Waals surface area contributed by atoms with E-state index in [1.54, 1.807) is 7.11 Å². The normalized spacial score (nSPS) is 26.4. The number of fused-ring (bicyclic) bond motifs is 7. The van der Waals surface area contributed by atoms with Gasteiger partial charge >= 0.3 is 5.97 Å². The monoisotopic (exact) mass is 836 g/mol. The summed E-state index contributed by atoms with van der Waals surface area (Å²) in [5.41, 5.74) is 10.9. The number of thiazole rings is 1. The minimum absolute atomic E-state index is 0.0214. The number of hydrogen-bond donors (Lipinski definition) is 2. The molecule has 1 aromatic carbocycles. The van der Waals surface area contributed by atoms with E-state index < -0.39 is 17.5 Å². The van der Waals surface area contributed by atoms with E-state index in [4.69, 9.17) is 19.4 Å². The lowest BCUT2D eigenvalue weighted by atomic mass is 9.84. The summed E-state index contributed by atoms with van der Waals surface area (Å²) in [7, 11) is 3.90. The average molecular weight is 837 g/mol. The molecule has 14 heteroatoms. The molecule has 6 bridgehead atoms. The SMILES string of the molecule is CCn1c(-c2cc(N3CCN(C)CC3)cnc2[C@H](C)OC)c2c3cc(ccc31)-c1csc(n1)C[C@H](NC(=O)[C@H]1[C@@H]3CCC[C@@H]31)C(=O)N1CCC[C@H](N1)C(=O)OCC(C)(C)C2. The van der Waals surface area contributed by atoms with Gasteiger partial charge in [0.1, 0.15) is 12.1 Å². The van der Waals surface area contributed by atoms with Gasteiger partial charge in [0, 0.05) is 91.5 Å². The summed E-state index contributed by atoms with van der Waals surface area (Å²) in [6, 6.07) is 7.40. The Morgan fingerprint density at radius 3 is 2.62 bits per heavy atom. The number of cyclic esters (lactones) is 1. The summed E-state index contributed by atoms with van der Waals surface area (Å²) in [6.45, 7) is 13.7. The van der Waals surface area contributed by atoms with Crippen LogP contribution in [-0.4, -0.2) is 108 Å². The Balaban J connectivity index is 1.15. The third kappa shape index (κ3) is 7.84. The number of aromatic nitrogens is 3. The molecule has 6 atom stereocenters. The van der Waals surface area contributed by atoms with Crippen LogP contribution in [-0.2, 0) is 43.2 Å². The number of hydrogen-bond acceptors (Lipinski definition) is 11. The van der Waals surface area contributed by atoms with E-state index in [1.165, 1.54) is 22.8 Å². The van der Waals surface area contributed by atoms with Gasteiger partial charge in [0.05, 0.1) is 46.7 Å². The highest BCUT2D eigenvalue weighted by Crippen LogP contribution is 2.57. The first-order valence-corrected chi connectivity index (χ1v) is 22.9. The van der Waals surface area contributed by atoms with E-state index in [1.807, 2.05) is 6.20 Å². The molecule has 3 aliphatic heterocycles. The van der Waals surface area contributed by atoms with Crippen molar-refractivity contribution in [1.82, 2.24) is 35.2 Å². The summed E-state index contributed by atoms with van der Waals surface area (Å²) >= 11 is 1.51. The second-order valence-electron chi connectivity index (χ2n) is 18.5. The van der Waals surface area contributed by atoms with Gasteiger partial charge in [0.2, 0.25) is 5.91 Å². The summed E-state index contributed by atoms with van der Waals surface area (Å²) in [6.07, 6.45) is 7.15. The lowest BCUT2D eigenvalue weighted by Gasteiger charge is -2.35. The number of nitrogens with zero attached hydrogens (tertiary/aromatic N) is 6. The molecule has 5 aliphatic rings. The van der Waals surface area contributed by atoms with Crippen LogP contribution in [0.3, 0.4) is 0 Å². The molecule has 3 aromatic heterocycles. The van der Waals surface area contributed by atoms with Crippen molar-refractivity contribution in [2.24, 2.45) is 23.2 Å². The Bertz CT molecular complexity index is 2270. The number of nitrogens with one attached hydrogen (secondary N) is 2. The summed E-state index contributed by atoms with van der Waals surface area (Å²) in [4.78, 5) is 56.8. The molecule has 9 rings (SSSR count). The van der Waals surface area contributed by atoms with Crippen molar-refractivity contribution in [3.8, 4) is 22.5 Å². The Morgan fingerprint density at radius 1 is 1.08 bits per heavy atom. The van der Waals surface area contributed by atoms with E-state index in [0.717, 1.165) is 101 Å². The molecule has 6 heterocycles. The lowest BCUT2D eigenvalue weighted by molar-refractivity contribution is -0.155. The number of hydrazine groups is 1. The maximum atomic E-state index is 14.3. The maximum Gasteiger partial charge on any atom is 0.324 e. The Labute approximate surface area is 357 Å². The van der Waals surface area contributed by atoms with Crippen molar-refractivity contribution >= 4 is 45.7 Å². The molecule has 2 N–H and O–H groups in total. The van der Waals surface area contributed by atoms with Crippen LogP contribution in [0.4, 0.5) is 5.69 Å². The van der Waals surface area contributed by atoms with Crippen LogP contribution in [0.2, 0.25) is 0 Å². The number of likely N-dealkylation sites (N-methyl/N-ethyl adjacent to an activating group) is 1. The van der Waals surface area contributed by atoms with E-state index in [-0.39, 0.29) is 42.8 Å². The van der Waals surface area contributed by atoms with Crippen LogP contribution >= 0.6 is 11.3 Å². The quantitative estimate of drug-likeness (QED) is 0.214. The molecule has 0 spiro atoms. The second kappa shape index (κ2) is 16.5. The standard InChI is InChI=1S/C46H60N8O5S/c1-7-53-38-14-13-28-20-32(38)34(42(53)33-21-29(24-47-41(33)27(2)58-6)52-18-16-51(5)17-19-52)23-46(3,4)26-59-45(57)35-12-9-15-54(50-35)44(56)36(22-39-48-37(28)25-60-39)49-43(55)40-30-10-8-11-31(30)40/h13-14,20-21,24-25,27,30-31,35-36,40,50H,7-12,15-19,22-23,26H2,1-6H3,(H,49,55)/t27-,30-,31+,35-,36-,40+/m0/s1. The third-order valence-electron chi connectivity index (χ3n) is 13.8. The van der Waals surface area contributed by atoms with Gasteiger partial charge in [-0.15, -0.1) is 11.3 Å². The Hall–Kier alpha value is -4.37. The number of anilines is 1. The van der Waals surface area contributed by atoms with Crippen LogP contribution in [0.15, 0.2) is 35.8 Å². The second-order valence-corrected chi connectivity index (χ2v) is 19.5. The van der Waals surface area contributed by atoms with Gasteiger partial charge in [0.25, 0.3) is 5.91 Å². The van der Waals surface area contributed by atoms with Crippen molar-refractivity contribution in [1.29, 1.82) is 0 Å². The topological polar surface area (TPSA) is 134 Å². The molecule has 4 aromatic rings. The zero-order valence-corrected chi connectivity index (χ0v) is 36.8. The smallest absolute Gasteiger partial charge is 0.324 e. The van der Waals surface area contributed by atoms with E-state index >= 15 is 0 Å². The van der Waals surface area contributed by atoms with Crippen molar-refractivity contribution < 1.29 is 23.9 Å². The highest BCUT2D eigenvalue weighted by Gasteiger charge is 2.57. The first kappa shape index (κ1) is 41.0. The van der Waals surface area contributed by atoms with Gasteiger partial charge in [-0.2, -0.15) is 0 Å². The van der Waals surface area contributed by atoms with Crippen molar-refractivity contribution in [2.75, 3.05) is 58.4 Å². The summed E-state index contributed by atoms with van der Waals surface area (Å²) in [5.74, 6) is 0.161. The lowest BCUT2D eigenvalue weighted by Crippen LogP contribution is -2.60. The molecule has 2 saturated carbocycles. The molecule has 0 radical (unpaired) electrons. The minimum atomic E-state index is -0.813. The number of ether oxygens (including phenoxy) is 2. The van der Waals surface area contributed by atoms with E-state index in [0.29, 0.717) is 37.6 Å². The van der Waals surface area contributed by atoms with Gasteiger partial charge in [0.15, 0.2) is 0 Å². The first-order valence-electron chi connectivity index (χ1n) is 22.0. The van der Waals surface area contributed by atoms with E-state index in [2.05, 4.69) is 89.5 Å². The number of methoxy groups -OCH3 is 1. The first-order chi connectivity index (χ1) is 28.9. The fourth-order valence-corrected chi connectivity index (χ4v) is 11.2. The van der Waals surface area contributed by atoms with Crippen molar-refractivity contribution in [3.63, 3.8) is 0 Å². The predicted molar refractivity (Wildman–Crippen MR) is 233 cm³/mol. The van der Waals surface area contributed by atoms with Gasteiger partial charge in [-0.3, -0.25) is 24.4 Å². The fourth-order valence-electron chi connectivity index (χ4n) is 10.3. The number of carbonyl (C=O) groups is 3. The fraction of sp³-hybridized carbons (Fsp3) is 0.587. The van der Waals surface area contributed by atoms with Crippen LogP contribution in [0, 0.1) is 23.2 Å². The zero-order valence-electron chi connectivity index (χ0n) is 36.0. The number of benzene rings is 1. The molecule has 60 heavy (non-hydrogen) atoms. The minimum Gasteiger partial charge on any atom is -0.464 e. The molecule has 2 aliphatic carbocycles. The number of piperazine rings is 1. The number of aryl methyl sites for hydroxylation is 1. The molecule has 4 fully saturated rings. The highest BCUT2D eigenvalue weighted by molar-refractivity contribution is 7.10. The molecule has 320 valence electrons. The van der Waals surface area contributed by atoms with Gasteiger partial charge in [-0.25, -0.2) is 10.4 Å². The number of carbonyl (C=O) groups excluding carboxylic acids is 3. The predicted octanol–water partition coefficient (Wildman–Crippen LogP) is 6.00. The molecule has 13 nitrogen and oxygen atoms in total. The largest absolute Gasteiger partial charge is 0.464 e. The van der Waals surface area contributed by atoms with Crippen LogP contribution < -0.4 is 15.6 Å². The number of amides is 2. The third-order valence-corrected chi connectivity index (χ3v) is 14.7. The maximum absolute atomic E-state index is 14.3. The summed E-state index contributed by atoms with van der Waals surface area (Å²) in [5, 5.41) is 8.62. The summed E-state index contributed by atoms with van der Waals surface area (Å²) < 4.78 is 14.5. The van der Waals surface area contributed by atoms with Gasteiger partial charge in [-0.1, -0.05) is 26.3 Å². The highest BCUT2D eigenvalue weighted by atomic mass is 32.1. The van der Waals surface area contributed by atoms with Crippen molar-refractivity contribution in [2.45, 2.75) is 97.4 Å². The molecular formula is C46H60N8O5S. The van der Waals surface area contributed by atoms with Gasteiger partial charge in [-0.05, 0) is 88.6 Å². The molecule has 2 amide bonds. The molecule has 2 saturated heterocycles. The zero-order chi connectivity index (χ0) is 41.9.